The number of fused-ring (bicyclic) bond motifs is 4. The van der Waals surface area contributed by atoms with Gasteiger partial charge in [0.25, 0.3) is 0 Å². The second-order valence-corrected chi connectivity index (χ2v) is 18.3. The maximum Gasteiger partial charge on any atom is 0.195 e. The van der Waals surface area contributed by atoms with Gasteiger partial charge < -0.3 is 0 Å². The second kappa shape index (κ2) is 23.2. The van der Waals surface area contributed by atoms with Gasteiger partial charge in [0.2, 0.25) is 0 Å². The molecule has 0 aromatic heterocycles. The number of unbranched alkanes of at least 4 members (excludes halogenated alkanes) is 18. The molecular weight excluding hydrogens is 781 g/mol. The molecule has 0 bridgehead atoms. The van der Waals surface area contributed by atoms with Gasteiger partial charge in [0, 0.05) is 33.4 Å². The van der Waals surface area contributed by atoms with Crippen molar-refractivity contribution in [3.05, 3.63) is 142 Å². The topological polar surface area (TPSA) is 81.7 Å². The maximum absolute atomic E-state index is 15.5. The van der Waals surface area contributed by atoms with E-state index in [0.29, 0.717) is 33.4 Å². The van der Waals surface area contributed by atoms with Crippen molar-refractivity contribution in [1.29, 1.82) is 10.5 Å². The summed E-state index contributed by atoms with van der Waals surface area (Å²) < 4.78 is 0. The molecule has 0 radical (unpaired) electrons. The van der Waals surface area contributed by atoms with E-state index in [0.717, 1.165) is 69.5 Å². The molecular formula is C60H66N2O2. The number of nitrogens with zero attached hydrogens (tertiary/aromatic N) is 2. The van der Waals surface area contributed by atoms with Crippen LogP contribution in [0.15, 0.2) is 97.1 Å². The molecule has 6 aromatic carbocycles. The molecule has 1 aliphatic rings. The van der Waals surface area contributed by atoms with Crippen molar-refractivity contribution in [3.8, 4) is 34.4 Å². The van der Waals surface area contributed by atoms with Gasteiger partial charge in [0.15, 0.2) is 11.6 Å². The third-order valence-electron chi connectivity index (χ3n) is 13.7. The van der Waals surface area contributed by atoms with Gasteiger partial charge in [-0.3, -0.25) is 9.59 Å². The van der Waals surface area contributed by atoms with E-state index in [1.54, 1.807) is 12.1 Å². The summed E-state index contributed by atoms with van der Waals surface area (Å²) in [7, 11) is 0. The predicted molar refractivity (Wildman–Crippen MR) is 266 cm³/mol. The van der Waals surface area contributed by atoms with Crippen LogP contribution in [-0.4, -0.2) is 11.6 Å². The summed E-state index contributed by atoms with van der Waals surface area (Å²) in [6.45, 7) is 4.54. The van der Waals surface area contributed by atoms with Crippen LogP contribution in [0.4, 0.5) is 0 Å². The number of benzene rings is 6. The van der Waals surface area contributed by atoms with Gasteiger partial charge >= 0.3 is 0 Å². The molecule has 0 aliphatic heterocycles. The third-order valence-corrected chi connectivity index (χ3v) is 13.7. The van der Waals surface area contributed by atoms with Gasteiger partial charge in [-0.2, -0.15) is 10.5 Å². The minimum absolute atomic E-state index is 0.116. The van der Waals surface area contributed by atoms with Crippen LogP contribution in [0.3, 0.4) is 0 Å². The van der Waals surface area contributed by atoms with Crippen LogP contribution in [0, 0.1) is 22.7 Å². The van der Waals surface area contributed by atoms with Gasteiger partial charge in [0.05, 0.1) is 11.1 Å². The molecule has 0 fully saturated rings. The number of hydrogen-bond acceptors (Lipinski definition) is 4. The summed E-state index contributed by atoms with van der Waals surface area (Å²) in [5, 5.41) is 23.2. The monoisotopic (exact) mass is 847 g/mol. The first-order chi connectivity index (χ1) is 31.5. The highest BCUT2D eigenvalue weighted by molar-refractivity contribution is 6.36. The quantitative estimate of drug-likeness (QED) is 0.0448. The summed E-state index contributed by atoms with van der Waals surface area (Å²) in [5.74, 6) is -0.232. The van der Waals surface area contributed by atoms with E-state index in [2.05, 4.69) is 38.1 Å². The number of aryl methyl sites for hydroxylation is 2. The van der Waals surface area contributed by atoms with E-state index >= 15 is 9.59 Å². The Labute approximate surface area is 382 Å². The number of carbonyl (C=O) groups excluding carboxylic acids is 2. The number of rotatable bonds is 24. The molecule has 4 heteroatoms. The van der Waals surface area contributed by atoms with E-state index in [1.165, 1.54) is 127 Å². The molecule has 0 saturated heterocycles. The lowest BCUT2D eigenvalue weighted by Crippen LogP contribution is -2.24. The Balaban J connectivity index is 1.29. The normalized spacial score (nSPS) is 12.1. The van der Waals surface area contributed by atoms with Crippen LogP contribution in [0.5, 0.6) is 0 Å². The first-order valence-electron chi connectivity index (χ1n) is 24.8. The molecule has 4 nitrogen and oxygen atoms in total. The minimum Gasteiger partial charge on any atom is -0.289 e. The zero-order chi connectivity index (χ0) is 44.7. The SMILES string of the molecule is CCCCCCCCCCCCc1cc2c(cc1CCCCCCCCCCCC)C(=O)c1c(c(-c3ccccc3)c3cc4cc(C#N)c(C#N)cc4cc3c1-c1ccccc1)C2=O. The van der Waals surface area contributed by atoms with E-state index in [1.807, 2.05) is 72.8 Å². The molecule has 0 spiro atoms. The zero-order valence-corrected chi connectivity index (χ0v) is 38.5. The van der Waals surface area contributed by atoms with Crippen LogP contribution < -0.4 is 0 Å². The highest BCUT2D eigenvalue weighted by Crippen LogP contribution is 2.47. The molecule has 0 N–H and O–H groups in total. The van der Waals surface area contributed by atoms with Gasteiger partial charge in [0.1, 0.15) is 12.1 Å². The molecule has 0 heterocycles. The average molecular weight is 847 g/mol. The smallest absolute Gasteiger partial charge is 0.195 e. The van der Waals surface area contributed by atoms with E-state index < -0.39 is 0 Å². The van der Waals surface area contributed by atoms with Crippen LogP contribution in [0.25, 0.3) is 43.8 Å². The van der Waals surface area contributed by atoms with Crippen LogP contribution in [-0.2, 0) is 12.8 Å². The molecule has 0 atom stereocenters. The summed E-state index contributed by atoms with van der Waals surface area (Å²) >= 11 is 0. The highest BCUT2D eigenvalue weighted by atomic mass is 16.1. The summed E-state index contributed by atoms with van der Waals surface area (Å²) in [4.78, 5) is 31.1. The Morgan fingerprint density at radius 2 is 0.719 bits per heavy atom. The molecule has 64 heavy (non-hydrogen) atoms. The van der Waals surface area contributed by atoms with Crippen LogP contribution in [0.1, 0.15) is 196 Å². The van der Waals surface area contributed by atoms with E-state index in [9.17, 15) is 10.5 Å². The lowest BCUT2D eigenvalue weighted by Gasteiger charge is -2.27. The fourth-order valence-electron chi connectivity index (χ4n) is 10.1. The predicted octanol–water partition coefficient (Wildman–Crippen LogP) is 16.8. The molecule has 7 rings (SSSR count). The van der Waals surface area contributed by atoms with Crippen molar-refractivity contribution < 1.29 is 9.59 Å². The first kappa shape index (κ1) is 46.2. The first-order valence-corrected chi connectivity index (χ1v) is 24.8. The van der Waals surface area contributed by atoms with Crippen molar-refractivity contribution in [2.75, 3.05) is 0 Å². The largest absolute Gasteiger partial charge is 0.289 e. The highest BCUT2D eigenvalue weighted by Gasteiger charge is 2.37. The molecule has 0 saturated carbocycles. The Hall–Kier alpha value is -5.84. The van der Waals surface area contributed by atoms with Crippen molar-refractivity contribution in [3.63, 3.8) is 0 Å². The molecule has 6 aromatic rings. The Bertz CT molecular complexity index is 2460. The molecule has 328 valence electrons. The molecule has 1 aliphatic carbocycles. The summed E-state index contributed by atoms with van der Waals surface area (Å²) in [5.41, 5.74) is 8.10. The average Bonchev–Trinajstić information content (AvgIpc) is 3.33. The Kier molecular flexibility index (Phi) is 16.7. The fourth-order valence-corrected chi connectivity index (χ4v) is 10.1. The van der Waals surface area contributed by atoms with Gasteiger partial charge in [-0.05, 0) is 106 Å². The van der Waals surface area contributed by atoms with Crippen molar-refractivity contribution in [1.82, 2.24) is 0 Å². The number of hydrogen-bond donors (Lipinski definition) is 0. The van der Waals surface area contributed by atoms with Crippen molar-refractivity contribution >= 4 is 33.1 Å². The second-order valence-electron chi connectivity index (χ2n) is 18.3. The minimum atomic E-state index is -0.116. The van der Waals surface area contributed by atoms with Gasteiger partial charge in [-0.1, -0.05) is 190 Å². The Morgan fingerprint density at radius 1 is 0.391 bits per heavy atom. The van der Waals surface area contributed by atoms with Crippen molar-refractivity contribution in [2.24, 2.45) is 0 Å². The van der Waals surface area contributed by atoms with Crippen LogP contribution in [0.2, 0.25) is 0 Å². The standard InChI is InChI=1S/C60H66N2O2/c1-3-5-7-9-11-13-15-17-19-23-33-45-37-53-54(38-46(45)34-24-20-18-16-14-12-10-8-6-4-2)60(64)58-56(44-31-27-22-28-32-44)52-40-48-36-50(42-62)49(41-61)35-47(48)39-51(52)55(57(58)59(53)63)43-29-25-21-26-30-43/h21-22,25-32,35-40H,3-20,23-24,33-34H2,1-2H3. The van der Waals surface area contributed by atoms with Crippen LogP contribution >= 0.6 is 0 Å². The number of ketones is 2. The summed E-state index contributed by atoms with van der Waals surface area (Å²) in [6, 6.07) is 36.1. The van der Waals surface area contributed by atoms with E-state index in [4.69, 9.17) is 0 Å². The maximum atomic E-state index is 15.5. The molecule has 0 amide bonds. The lowest BCUT2D eigenvalue weighted by atomic mass is 9.73. The van der Waals surface area contributed by atoms with Crippen molar-refractivity contribution in [2.45, 2.75) is 155 Å². The number of carbonyl (C=O) groups is 2. The number of nitriles is 2. The fraction of sp³-hybridized carbons (Fsp3) is 0.400. The van der Waals surface area contributed by atoms with E-state index in [-0.39, 0.29) is 11.6 Å². The van der Waals surface area contributed by atoms with Gasteiger partial charge in [-0.25, -0.2) is 0 Å². The van der Waals surface area contributed by atoms with Gasteiger partial charge in [-0.15, -0.1) is 0 Å². The third kappa shape index (κ3) is 10.7. The lowest BCUT2D eigenvalue weighted by molar-refractivity contribution is 0.0980. The summed E-state index contributed by atoms with van der Waals surface area (Å²) in [6.07, 6.45) is 27.2. The Morgan fingerprint density at radius 3 is 1.05 bits per heavy atom. The molecule has 0 unspecified atom stereocenters. The zero-order valence-electron chi connectivity index (χ0n) is 38.5.